The molecule has 0 aliphatic heterocycles. The van der Waals surface area contributed by atoms with Crippen LogP contribution in [0.4, 0.5) is 0 Å². The van der Waals surface area contributed by atoms with Crippen molar-refractivity contribution < 1.29 is 30.0 Å². The van der Waals surface area contributed by atoms with Crippen molar-refractivity contribution in [2.45, 2.75) is 4.90 Å². The maximum Gasteiger partial charge on any atom is 0.271 e. The van der Waals surface area contributed by atoms with Crippen LogP contribution in [0.3, 0.4) is 0 Å². The second kappa shape index (κ2) is 3.87. The molecule has 0 bridgehead atoms. The summed E-state index contributed by atoms with van der Waals surface area (Å²) in [6, 6.07) is 8.20. The molecule has 1 rings (SSSR count). The third-order valence-electron chi connectivity index (χ3n) is 0.958. The van der Waals surface area contributed by atoms with Gasteiger partial charge in [-0.3, -0.25) is 4.55 Å². The minimum absolute atomic E-state index is 0. The van der Waals surface area contributed by atoms with Gasteiger partial charge in [0.2, 0.25) is 0 Å². The van der Waals surface area contributed by atoms with Gasteiger partial charge in [-0.1, -0.05) is 0 Å². The van der Waals surface area contributed by atoms with E-state index in [4.69, 9.17) is 4.55 Å². The van der Waals surface area contributed by atoms with Crippen molar-refractivity contribution in [1.29, 1.82) is 0 Å². The van der Waals surface area contributed by atoms with Crippen LogP contribution in [-0.2, 0) is 27.2 Å². The van der Waals surface area contributed by atoms with Crippen LogP contribution in [0, 0.1) is 6.07 Å². The second-order valence-electron chi connectivity index (χ2n) is 1.70. The standard InChI is InChI=1S/C6H5O3S.Mn/c7-10(8,9)6-4-2-1-3-5-6;/h1-4H,(H,7,8,9);/q-1;. The van der Waals surface area contributed by atoms with Gasteiger partial charge in [0.25, 0.3) is 10.1 Å². The Kier molecular flexibility index (Phi) is 3.75. The molecule has 0 aliphatic rings. The van der Waals surface area contributed by atoms with Crippen LogP contribution < -0.4 is 0 Å². The van der Waals surface area contributed by atoms with Crippen molar-refractivity contribution >= 4 is 10.1 Å². The largest absolute Gasteiger partial charge is 0.283 e. The van der Waals surface area contributed by atoms with Gasteiger partial charge < -0.3 is 0 Å². The summed E-state index contributed by atoms with van der Waals surface area (Å²) < 4.78 is 29.1. The minimum Gasteiger partial charge on any atom is -0.283 e. The Morgan fingerprint density at radius 1 is 1.36 bits per heavy atom. The number of hydrogen-bond donors (Lipinski definition) is 1. The van der Waals surface area contributed by atoms with Crippen molar-refractivity contribution in [2.75, 3.05) is 0 Å². The summed E-state index contributed by atoms with van der Waals surface area (Å²) in [6.07, 6.45) is 0. The minimum atomic E-state index is -4.06. The summed E-state index contributed by atoms with van der Waals surface area (Å²) >= 11 is 0. The first kappa shape index (κ1) is 10.6. The Hall–Kier alpha value is -0.351. The Morgan fingerprint density at radius 3 is 2.27 bits per heavy atom. The zero-order chi connectivity index (χ0) is 7.61. The van der Waals surface area contributed by atoms with Gasteiger partial charge >= 0.3 is 0 Å². The number of benzene rings is 1. The molecule has 0 spiro atoms. The SMILES string of the molecule is O=S(=O)(O)c1[c-]cccc1.[Mn]. The Bertz CT molecular complexity index is 306. The van der Waals surface area contributed by atoms with Crippen molar-refractivity contribution in [3.05, 3.63) is 30.3 Å². The van der Waals surface area contributed by atoms with Crippen molar-refractivity contribution in [2.24, 2.45) is 0 Å². The van der Waals surface area contributed by atoms with Crippen LogP contribution in [0.5, 0.6) is 0 Å². The van der Waals surface area contributed by atoms with E-state index >= 15 is 0 Å². The Labute approximate surface area is 75.7 Å². The molecule has 0 saturated carbocycles. The van der Waals surface area contributed by atoms with E-state index in [0.29, 0.717) is 0 Å². The first-order valence-corrected chi connectivity index (χ1v) is 3.99. The monoisotopic (exact) mass is 212 g/mol. The van der Waals surface area contributed by atoms with E-state index < -0.39 is 10.1 Å². The van der Waals surface area contributed by atoms with Crippen LogP contribution in [0.2, 0.25) is 0 Å². The van der Waals surface area contributed by atoms with E-state index in [1.165, 1.54) is 18.2 Å². The molecule has 0 heterocycles. The maximum atomic E-state index is 10.4. The van der Waals surface area contributed by atoms with E-state index in [1.807, 2.05) is 0 Å². The third kappa shape index (κ3) is 3.03. The summed E-state index contributed by atoms with van der Waals surface area (Å²) in [5, 5.41) is 0. The molecule has 5 heteroatoms. The van der Waals surface area contributed by atoms with Gasteiger partial charge in [0.05, 0.1) is 0 Å². The molecular formula is C6H5MnO3S-. The summed E-state index contributed by atoms with van der Waals surface area (Å²) in [5.74, 6) is 0. The summed E-state index contributed by atoms with van der Waals surface area (Å²) in [6.45, 7) is 0. The predicted octanol–water partition coefficient (Wildman–Crippen LogP) is 0.731. The maximum absolute atomic E-state index is 10.4. The zero-order valence-electron chi connectivity index (χ0n) is 5.36. The van der Waals surface area contributed by atoms with E-state index in [1.54, 1.807) is 6.07 Å². The van der Waals surface area contributed by atoms with Crippen LogP contribution >= 0.6 is 0 Å². The van der Waals surface area contributed by atoms with Crippen LogP contribution in [0.15, 0.2) is 29.2 Å². The summed E-state index contributed by atoms with van der Waals surface area (Å²) in [5.41, 5.74) is 0. The van der Waals surface area contributed by atoms with Gasteiger partial charge in [-0.15, -0.1) is 6.07 Å². The third-order valence-corrected chi connectivity index (χ3v) is 1.77. The zero-order valence-corrected chi connectivity index (χ0v) is 7.36. The normalized spacial score (nSPS) is 10.3. The molecule has 61 valence electrons. The first-order valence-electron chi connectivity index (χ1n) is 2.55. The smallest absolute Gasteiger partial charge is 0.271 e. The molecule has 0 aliphatic carbocycles. The fraction of sp³-hybridized carbons (Fsp3) is 0. The molecule has 1 N–H and O–H groups in total. The first-order chi connectivity index (χ1) is 4.61. The van der Waals surface area contributed by atoms with Crippen LogP contribution in [0.25, 0.3) is 0 Å². The van der Waals surface area contributed by atoms with Gasteiger partial charge in [0.15, 0.2) is 0 Å². The molecule has 0 unspecified atom stereocenters. The van der Waals surface area contributed by atoms with Gasteiger partial charge in [-0.2, -0.15) is 32.7 Å². The molecule has 0 amide bonds. The van der Waals surface area contributed by atoms with E-state index in [-0.39, 0.29) is 22.0 Å². The van der Waals surface area contributed by atoms with Crippen molar-refractivity contribution in [3.8, 4) is 0 Å². The predicted molar refractivity (Wildman–Crippen MR) is 35.1 cm³/mol. The second-order valence-corrected chi connectivity index (χ2v) is 3.09. The topological polar surface area (TPSA) is 54.4 Å². The summed E-state index contributed by atoms with van der Waals surface area (Å²) in [4.78, 5) is -0.199. The van der Waals surface area contributed by atoms with E-state index in [2.05, 4.69) is 6.07 Å². The Morgan fingerprint density at radius 2 is 2.00 bits per heavy atom. The Balaban J connectivity index is 0.000001000. The average Bonchev–Trinajstić information content (AvgIpc) is 1.88. The number of hydrogen-bond acceptors (Lipinski definition) is 2. The number of rotatable bonds is 1. The van der Waals surface area contributed by atoms with Gasteiger partial charge in [0.1, 0.15) is 0 Å². The van der Waals surface area contributed by atoms with Crippen LogP contribution in [-0.4, -0.2) is 13.0 Å². The van der Waals surface area contributed by atoms with E-state index in [9.17, 15) is 8.42 Å². The molecular weight excluding hydrogens is 207 g/mol. The van der Waals surface area contributed by atoms with Crippen molar-refractivity contribution in [1.82, 2.24) is 0 Å². The van der Waals surface area contributed by atoms with Gasteiger partial charge in [0, 0.05) is 17.1 Å². The van der Waals surface area contributed by atoms with Crippen LogP contribution in [0.1, 0.15) is 0 Å². The van der Waals surface area contributed by atoms with Gasteiger partial charge in [-0.25, -0.2) is 0 Å². The molecule has 1 aromatic carbocycles. The molecule has 0 atom stereocenters. The van der Waals surface area contributed by atoms with Crippen molar-refractivity contribution in [3.63, 3.8) is 0 Å². The molecule has 1 aromatic rings. The molecule has 3 nitrogen and oxygen atoms in total. The van der Waals surface area contributed by atoms with E-state index in [0.717, 1.165) is 0 Å². The average molecular weight is 212 g/mol. The molecule has 0 saturated heterocycles. The van der Waals surface area contributed by atoms with Gasteiger partial charge in [-0.05, 0) is 4.90 Å². The molecule has 0 aromatic heterocycles. The summed E-state index contributed by atoms with van der Waals surface area (Å²) in [7, 11) is -4.06. The molecule has 0 fully saturated rings. The molecule has 11 heavy (non-hydrogen) atoms. The quantitative estimate of drug-likeness (QED) is 0.424. The molecule has 1 radical (unpaired) electrons. The fourth-order valence-corrected chi connectivity index (χ4v) is 1.00. The fourth-order valence-electron chi connectivity index (χ4n) is 0.537.